The minimum Gasteiger partial charge on any atom is -0.444 e. The molecule has 42 heavy (non-hydrogen) atoms. The van der Waals surface area contributed by atoms with Gasteiger partial charge in [-0.05, 0) is 78.6 Å². The quantitative estimate of drug-likeness (QED) is 0.228. The van der Waals surface area contributed by atoms with Gasteiger partial charge in [-0.1, -0.05) is 24.3 Å². The van der Waals surface area contributed by atoms with E-state index in [1.54, 1.807) is 9.80 Å². The van der Waals surface area contributed by atoms with Gasteiger partial charge in [0.05, 0.1) is 13.1 Å². The van der Waals surface area contributed by atoms with Gasteiger partial charge >= 0.3 is 12.2 Å². The van der Waals surface area contributed by atoms with Crippen molar-refractivity contribution in [3.8, 4) is 0 Å². The van der Waals surface area contributed by atoms with Crippen LogP contribution in [0.2, 0.25) is 0 Å². The monoisotopic (exact) mass is 572 g/mol. The zero-order valence-corrected chi connectivity index (χ0v) is 26.2. The Kier molecular flexibility index (Phi) is 7.77. The summed E-state index contributed by atoms with van der Waals surface area (Å²) in [5, 5.41) is 2.46. The van der Waals surface area contributed by atoms with Crippen LogP contribution in [0.15, 0.2) is 36.4 Å². The van der Waals surface area contributed by atoms with E-state index >= 15 is 0 Å². The molecule has 0 radical (unpaired) electrons. The summed E-state index contributed by atoms with van der Waals surface area (Å²) in [4.78, 5) is 35.1. The molecule has 0 spiro atoms. The molecule has 0 saturated carbocycles. The second-order valence-electron chi connectivity index (χ2n) is 13.5. The predicted octanol–water partition coefficient (Wildman–Crippen LogP) is 7.54. The van der Waals surface area contributed by atoms with Crippen LogP contribution in [0.4, 0.5) is 9.59 Å². The Labute approximate surface area is 248 Å². The van der Waals surface area contributed by atoms with Gasteiger partial charge in [-0.15, -0.1) is 0 Å². The maximum Gasteiger partial charge on any atom is 0.410 e. The average Bonchev–Trinajstić information content (AvgIpc) is 3.44. The molecule has 0 atom stereocenters. The van der Waals surface area contributed by atoms with Crippen LogP contribution in [-0.4, -0.2) is 56.2 Å². The number of hydrogen-bond donors (Lipinski definition) is 2. The first kappa shape index (κ1) is 29.5. The lowest BCUT2D eigenvalue weighted by Gasteiger charge is -2.30. The number of carbonyl (C=O) groups is 2. The van der Waals surface area contributed by atoms with Gasteiger partial charge in [0.1, 0.15) is 11.2 Å². The van der Waals surface area contributed by atoms with E-state index in [2.05, 4.69) is 60.2 Å². The first-order valence-corrected chi connectivity index (χ1v) is 14.8. The Morgan fingerprint density at radius 3 is 1.88 bits per heavy atom. The van der Waals surface area contributed by atoms with Gasteiger partial charge in [-0.25, -0.2) is 9.59 Å². The van der Waals surface area contributed by atoms with Gasteiger partial charge < -0.3 is 29.2 Å². The largest absolute Gasteiger partial charge is 0.444 e. The first-order valence-electron chi connectivity index (χ1n) is 14.8. The van der Waals surface area contributed by atoms with Crippen LogP contribution in [-0.2, 0) is 35.4 Å². The number of nitrogens with zero attached hydrogens (tertiary/aromatic N) is 2. The average molecular weight is 573 g/mol. The topological polar surface area (TPSA) is 90.7 Å². The van der Waals surface area contributed by atoms with Crippen molar-refractivity contribution < 1.29 is 19.1 Å². The summed E-state index contributed by atoms with van der Waals surface area (Å²) in [6, 6.07) is 12.7. The minimum atomic E-state index is -0.451. The number of hydrogen-bond acceptors (Lipinski definition) is 4. The van der Waals surface area contributed by atoms with Crippen molar-refractivity contribution in [2.45, 2.75) is 92.5 Å². The van der Waals surface area contributed by atoms with Gasteiger partial charge in [0.25, 0.3) is 0 Å². The van der Waals surface area contributed by atoms with Crippen LogP contribution in [0.5, 0.6) is 0 Å². The molecular weight excluding hydrogens is 528 g/mol. The standard InChI is InChI=1S/2C17H22N2O2/c1-11-5-6-12-13-10-19(16(20)21-17(2,3)4)8-7-14(13)18-15(12)9-11;1-11-6-5-7-14-15(11)12-10-19(9-8-13(12)18-14)16(20)21-17(2,3)4/h5-6,9,18H,7-8,10H2,1-4H3;5-7,18H,8-10H2,1-4H3. The third kappa shape index (κ3) is 6.42. The molecule has 0 aliphatic carbocycles. The minimum absolute atomic E-state index is 0.226. The lowest BCUT2D eigenvalue weighted by Crippen LogP contribution is -2.39. The number of aromatic nitrogens is 2. The van der Waals surface area contributed by atoms with Crippen LogP contribution < -0.4 is 0 Å². The third-order valence-corrected chi connectivity index (χ3v) is 7.64. The molecule has 8 nitrogen and oxygen atoms in total. The molecule has 2 aliphatic heterocycles. The normalized spacial score (nSPS) is 15.1. The Morgan fingerprint density at radius 2 is 1.29 bits per heavy atom. The van der Waals surface area contributed by atoms with E-state index < -0.39 is 11.2 Å². The highest BCUT2D eigenvalue weighted by atomic mass is 16.6. The summed E-state index contributed by atoms with van der Waals surface area (Å²) in [6.45, 7) is 18.2. The number of aromatic amines is 2. The number of amides is 2. The van der Waals surface area contributed by atoms with E-state index in [9.17, 15) is 9.59 Å². The molecule has 2 aromatic carbocycles. The molecule has 0 bridgehead atoms. The predicted molar refractivity (Wildman–Crippen MR) is 167 cm³/mol. The van der Waals surface area contributed by atoms with Crippen molar-refractivity contribution in [1.29, 1.82) is 0 Å². The summed E-state index contributed by atoms with van der Waals surface area (Å²) in [5.41, 5.74) is 8.86. The van der Waals surface area contributed by atoms with E-state index in [0.29, 0.717) is 26.2 Å². The fourth-order valence-corrected chi connectivity index (χ4v) is 5.77. The smallest absolute Gasteiger partial charge is 0.410 e. The van der Waals surface area contributed by atoms with E-state index in [-0.39, 0.29) is 12.2 Å². The molecule has 4 heterocycles. The highest BCUT2D eigenvalue weighted by Crippen LogP contribution is 2.31. The number of rotatable bonds is 0. The molecule has 0 unspecified atom stereocenters. The van der Waals surface area contributed by atoms with E-state index in [1.165, 1.54) is 44.4 Å². The van der Waals surface area contributed by atoms with Crippen LogP contribution in [0.1, 0.15) is 75.2 Å². The summed E-state index contributed by atoms with van der Waals surface area (Å²) < 4.78 is 11.0. The van der Waals surface area contributed by atoms with Crippen LogP contribution >= 0.6 is 0 Å². The Bertz CT molecular complexity index is 1630. The number of carbonyl (C=O) groups excluding carboxylic acids is 2. The highest BCUT2D eigenvalue weighted by molar-refractivity contribution is 5.88. The fourth-order valence-electron chi connectivity index (χ4n) is 5.77. The summed E-state index contributed by atoms with van der Waals surface area (Å²) in [7, 11) is 0. The summed E-state index contributed by atoms with van der Waals surface area (Å²) in [6.07, 6.45) is 1.25. The second kappa shape index (κ2) is 11.0. The molecular formula is C34H44N4O4. The number of aryl methyl sites for hydroxylation is 2. The van der Waals surface area contributed by atoms with Gasteiger partial charge in [0.15, 0.2) is 0 Å². The number of fused-ring (bicyclic) bond motifs is 6. The van der Waals surface area contributed by atoms with Gasteiger partial charge in [-0.3, -0.25) is 0 Å². The van der Waals surface area contributed by atoms with E-state index in [4.69, 9.17) is 9.47 Å². The van der Waals surface area contributed by atoms with Crippen LogP contribution in [0, 0.1) is 13.8 Å². The van der Waals surface area contributed by atoms with Crippen LogP contribution in [0.3, 0.4) is 0 Å². The van der Waals surface area contributed by atoms with E-state index in [1.807, 2.05) is 41.5 Å². The summed E-state index contributed by atoms with van der Waals surface area (Å²) >= 11 is 0. The zero-order chi connectivity index (χ0) is 30.4. The lowest BCUT2D eigenvalue weighted by atomic mass is 10.0. The molecule has 6 rings (SSSR count). The Balaban J connectivity index is 0.000000168. The van der Waals surface area contributed by atoms with Crippen molar-refractivity contribution in [2.75, 3.05) is 13.1 Å². The summed E-state index contributed by atoms with van der Waals surface area (Å²) in [5.74, 6) is 0. The molecule has 2 amide bonds. The maximum absolute atomic E-state index is 12.3. The molecule has 2 aromatic heterocycles. The zero-order valence-electron chi connectivity index (χ0n) is 26.2. The molecule has 2 aliphatic rings. The van der Waals surface area contributed by atoms with E-state index in [0.717, 1.165) is 23.9 Å². The molecule has 2 N–H and O–H groups in total. The van der Waals surface area contributed by atoms with Crippen molar-refractivity contribution in [3.05, 3.63) is 70.0 Å². The van der Waals surface area contributed by atoms with Gasteiger partial charge in [-0.2, -0.15) is 0 Å². The number of ether oxygens (including phenoxy) is 2. The third-order valence-electron chi connectivity index (χ3n) is 7.64. The number of benzene rings is 2. The van der Waals surface area contributed by atoms with Gasteiger partial charge in [0.2, 0.25) is 0 Å². The molecule has 0 fully saturated rings. The molecule has 8 heteroatoms. The number of nitrogens with one attached hydrogen (secondary N) is 2. The second-order valence-corrected chi connectivity index (χ2v) is 13.5. The number of H-pyrrole nitrogens is 2. The fraction of sp³-hybridized carbons (Fsp3) is 0.471. The van der Waals surface area contributed by atoms with Crippen molar-refractivity contribution in [1.82, 2.24) is 19.8 Å². The Hall–Kier alpha value is -3.94. The SMILES string of the molecule is Cc1ccc2c3c([nH]c2c1)CCN(C(=O)OC(C)(C)C)C3.Cc1cccc2[nH]c3c(c12)CN(C(=O)OC(C)(C)C)CC3. The lowest BCUT2D eigenvalue weighted by molar-refractivity contribution is 0.0214. The van der Waals surface area contributed by atoms with Crippen molar-refractivity contribution in [2.24, 2.45) is 0 Å². The van der Waals surface area contributed by atoms with Crippen molar-refractivity contribution >= 4 is 34.0 Å². The molecule has 224 valence electrons. The first-order chi connectivity index (χ1) is 19.7. The highest BCUT2D eigenvalue weighted by Gasteiger charge is 2.29. The Morgan fingerprint density at radius 1 is 0.738 bits per heavy atom. The van der Waals surface area contributed by atoms with Crippen LogP contribution in [0.25, 0.3) is 21.8 Å². The molecule has 4 aromatic rings. The van der Waals surface area contributed by atoms with Gasteiger partial charge in [0, 0.05) is 70.3 Å². The van der Waals surface area contributed by atoms with Crippen molar-refractivity contribution in [3.63, 3.8) is 0 Å². The molecule has 0 saturated heterocycles. The maximum atomic E-state index is 12.3.